The van der Waals surface area contributed by atoms with Gasteiger partial charge in [0.15, 0.2) is 0 Å². The summed E-state index contributed by atoms with van der Waals surface area (Å²) in [5, 5.41) is 0. The third-order valence-corrected chi connectivity index (χ3v) is 0.698. The van der Waals surface area contributed by atoms with Crippen molar-refractivity contribution in [1.82, 2.24) is 0 Å². The molecule has 0 heterocycles. The van der Waals surface area contributed by atoms with E-state index in [2.05, 4.69) is 29.2 Å². The fourth-order valence-electron chi connectivity index (χ4n) is 0.285. The second-order valence-electron chi connectivity index (χ2n) is 2.18. The molecule has 3 heteroatoms. The van der Waals surface area contributed by atoms with Gasteiger partial charge in [0.2, 0.25) is 0 Å². The number of hydrogen-bond acceptors (Lipinski definition) is 3. The highest BCUT2D eigenvalue weighted by Gasteiger charge is 1.91. The molecule has 0 fully saturated rings. The van der Waals surface area contributed by atoms with E-state index in [9.17, 15) is 4.79 Å². The zero-order chi connectivity index (χ0) is 12.5. The maximum absolute atomic E-state index is 10.3. The molecular formula is C12H22O3. The maximum Gasteiger partial charge on any atom is 0.330 e. The molecular weight excluding hydrogens is 192 g/mol. The molecule has 0 bridgehead atoms. The van der Waals surface area contributed by atoms with Gasteiger partial charge in [-0.25, -0.2) is 4.79 Å². The Kier molecular flexibility index (Phi) is 29.5. The summed E-state index contributed by atoms with van der Waals surface area (Å²) in [5.74, 6) is -0.410. The molecule has 0 atom stereocenters. The fraction of sp³-hybridized carbons (Fsp3) is 0.417. The van der Waals surface area contributed by atoms with Gasteiger partial charge in [0.1, 0.15) is 6.61 Å². The number of esters is 1. The van der Waals surface area contributed by atoms with Crippen LogP contribution in [0.1, 0.15) is 13.8 Å². The zero-order valence-electron chi connectivity index (χ0n) is 9.99. The number of carbonyl (C=O) groups is 1. The topological polar surface area (TPSA) is 35.5 Å². The van der Waals surface area contributed by atoms with Crippen molar-refractivity contribution < 1.29 is 14.3 Å². The van der Waals surface area contributed by atoms with Crippen molar-refractivity contribution in [2.45, 2.75) is 13.8 Å². The predicted molar refractivity (Wildman–Crippen MR) is 64.8 cm³/mol. The third kappa shape index (κ3) is 44.9. The highest BCUT2D eigenvalue weighted by Crippen LogP contribution is 1.78. The highest BCUT2D eigenvalue weighted by atomic mass is 16.6. The van der Waals surface area contributed by atoms with Crippen molar-refractivity contribution in [3.8, 4) is 0 Å². The Bertz CT molecular complexity index is 156. The number of ether oxygens (including phenoxy) is 2. The van der Waals surface area contributed by atoms with Gasteiger partial charge < -0.3 is 9.47 Å². The van der Waals surface area contributed by atoms with Gasteiger partial charge in [-0.2, -0.15) is 0 Å². The molecule has 0 aliphatic heterocycles. The van der Waals surface area contributed by atoms with Crippen LogP contribution in [0.3, 0.4) is 0 Å². The molecule has 0 aromatic carbocycles. The molecule has 3 nitrogen and oxygen atoms in total. The number of methoxy groups -OCH3 is 1. The first-order valence-corrected chi connectivity index (χ1v) is 4.56. The molecule has 0 saturated carbocycles. The molecule has 88 valence electrons. The molecule has 0 aromatic heterocycles. The van der Waals surface area contributed by atoms with E-state index in [1.165, 1.54) is 0 Å². The van der Waals surface area contributed by atoms with Gasteiger partial charge in [-0.15, -0.1) is 13.2 Å². The number of rotatable bonds is 4. The van der Waals surface area contributed by atoms with E-state index in [0.717, 1.165) is 6.08 Å². The smallest absolute Gasteiger partial charge is 0.330 e. The zero-order valence-corrected chi connectivity index (χ0v) is 9.99. The van der Waals surface area contributed by atoms with Gasteiger partial charge in [0.05, 0.1) is 6.61 Å². The first-order chi connectivity index (χ1) is 7.14. The van der Waals surface area contributed by atoms with E-state index in [1.54, 1.807) is 19.3 Å². The Morgan fingerprint density at radius 2 is 1.53 bits per heavy atom. The van der Waals surface area contributed by atoms with Crippen molar-refractivity contribution in [3.63, 3.8) is 0 Å². The molecule has 0 aromatic rings. The van der Waals surface area contributed by atoms with E-state index < -0.39 is 5.97 Å². The fourth-order valence-corrected chi connectivity index (χ4v) is 0.285. The SMILES string of the molecule is C=CC.C=CC.C=CC(=O)OCCOC. The third-order valence-electron chi connectivity index (χ3n) is 0.698. The minimum Gasteiger partial charge on any atom is -0.460 e. The summed E-state index contributed by atoms with van der Waals surface area (Å²) in [7, 11) is 1.54. The minimum atomic E-state index is -0.410. The minimum absolute atomic E-state index is 0.293. The molecule has 0 amide bonds. The van der Waals surface area contributed by atoms with Gasteiger partial charge in [0, 0.05) is 13.2 Å². The van der Waals surface area contributed by atoms with Crippen LogP contribution in [0.15, 0.2) is 38.0 Å². The first kappa shape index (κ1) is 19.3. The Labute approximate surface area is 93.1 Å². The van der Waals surface area contributed by atoms with Crippen molar-refractivity contribution in [2.24, 2.45) is 0 Å². The first-order valence-electron chi connectivity index (χ1n) is 4.56. The maximum atomic E-state index is 10.3. The second kappa shape index (κ2) is 22.9. The summed E-state index contributed by atoms with van der Waals surface area (Å²) in [6.07, 6.45) is 4.62. The second-order valence-corrected chi connectivity index (χ2v) is 2.18. The summed E-state index contributed by atoms with van der Waals surface area (Å²) in [6.45, 7) is 14.4. The molecule has 15 heavy (non-hydrogen) atoms. The average molecular weight is 214 g/mol. The van der Waals surface area contributed by atoms with Gasteiger partial charge in [-0.1, -0.05) is 18.7 Å². The summed E-state index contributed by atoms with van der Waals surface area (Å²) < 4.78 is 9.17. The van der Waals surface area contributed by atoms with Crippen LogP contribution in [-0.4, -0.2) is 26.3 Å². The van der Waals surface area contributed by atoms with Gasteiger partial charge in [-0.3, -0.25) is 0 Å². The molecule has 0 aliphatic rings. The molecule has 0 radical (unpaired) electrons. The quantitative estimate of drug-likeness (QED) is 0.312. The molecule has 0 unspecified atom stereocenters. The summed E-state index contributed by atoms with van der Waals surface area (Å²) in [6, 6.07) is 0. The lowest BCUT2D eigenvalue weighted by Gasteiger charge is -1.98. The van der Waals surface area contributed by atoms with Crippen LogP contribution in [0.5, 0.6) is 0 Å². The largest absolute Gasteiger partial charge is 0.460 e. The van der Waals surface area contributed by atoms with Crippen molar-refractivity contribution in [2.75, 3.05) is 20.3 Å². The highest BCUT2D eigenvalue weighted by molar-refractivity contribution is 5.81. The molecule has 0 spiro atoms. The average Bonchev–Trinajstić information content (AvgIpc) is 2.20. The monoisotopic (exact) mass is 214 g/mol. The van der Waals surface area contributed by atoms with Crippen molar-refractivity contribution in [1.29, 1.82) is 0 Å². The summed E-state index contributed by atoms with van der Waals surface area (Å²) >= 11 is 0. The van der Waals surface area contributed by atoms with E-state index in [4.69, 9.17) is 0 Å². The van der Waals surface area contributed by atoms with E-state index in [1.807, 2.05) is 13.8 Å². The van der Waals surface area contributed by atoms with Crippen LogP contribution >= 0.6 is 0 Å². The lowest BCUT2D eigenvalue weighted by atomic mass is 10.6. The Morgan fingerprint density at radius 1 is 1.13 bits per heavy atom. The Hall–Kier alpha value is -1.35. The number of hydrogen-bond donors (Lipinski definition) is 0. The van der Waals surface area contributed by atoms with E-state index >= 15 is 0 Å². The Balaban J connectivity index is -0.000000200. The van der Waals surface area contributed by atoms with Crippen LogP contribution in [0.25, 0.3) is 0 Å². The summed E-state index contributed by atoms with van der Waals surface area (Å²) in [4.78, 5) is 10.3. The van der Waals surface area contributed by atoms with E-state index in [0.29, 0.717) is 13.2 Å². The van der Waals surface area contributed by atoms with Crippen LogP contribution in [-0.2, 0) is 14.3 Å². The normalized spacial score (nSPS) is 6.87. The van der Waals surface area contributed by atoms with Gasteiger partial charge in [0.25, 0.3) is 0 Å². The van der Waals surface area contributed by atoms with Crippen LogP contribution < -0.4 is 0 Å². The lowest BCUT2D eigenvalue weighted by Crippen LogP contribution is -2.06. The van der Waals surface area contributed by atoms with Crippen LogP contribution in [0, 0.1) is 0 Å². The Morgan fingerprint density at radius 3 is 1.80 bits per heavy atom. The predicted octanol–water partition coefficient (Wildman–Crippen LogP) is 2.75. The molecule has 0 N–H and O–H groups in total. The van der Waals surface area contributed by atoms with Crippen LogP contribution in [0.2, 0.25) is 0 Å². The summed E-state index contributed by atoms with van der Waals surface area (Å²) in [5.41, 5.74) is 0. The molecule has 0 rings (SSSR count). The van der Waals surface area contributed by atoms with Gasteiger partial charge in [-0.05, 0) is 13.8 Å². The van der Waals surface area contributed by atoms with Crippen molar-refractivity contribution in [3.05, 3.63) is 38.0 Å². The van der Waals surface area contributed by atoms with Gasteiger partial charge >= 0.3 is 5.97 Å². The number of carbonyl (C=O) groups excluding carboxylic acids is 1. The standard InChI is InChI=1S/C6H10O3.2C3H6/c1-3-6(7)9-5-4-8-2;2*1-3-2/h3H,1,4-5H2,2H3;2*3H,1H2,2H3. The molecule has 0 aliphatic carbocycles. The lowest BCUT2D eigenvalue weighted by molar-refractivity contribution is -0.138. The van der Waals surface area contributed by atoms with Crippen LogP contribution in [0.4, 0.5) is 0 Å². The van der Waals surface area contributed by atoms with Crippen molar-refractivity contribution >= 4 is 5.97 Å². The molecule has 0 saturated heterocycles. The number of allylic oxidation sites excluding steroid dienone is 2. The van der Waals surface area contributed by atoms with E-state index in [-0.39, 0.29) is 0 Å².